The number of ether oxygens (including phenoxy) is 1. The van der Waals surface area contributed by atoms with Gasteiger partial charge in [-0.3, -0.25) is 0 Å². The van der Waals surface area contributed by atoms with E-state index in [1.165, 1.54) is 0 Å². The molecule has 1 aromatic heterocycles. The summed E-state index contributed by atoms with van der Waals surface area (Å²) in [6, 6.07) is 2.28. The Kier molecular flexibility index (Phi) is 4.12. The van der Waals surface area contributed by atoms with Crippen molar-refractivity contribution in [1.29, 1.82) is 0 Å². The first-order valence-corrected chi connectivity index (χ1v) is 6.59. The van der Waals surface area contributed by atoms with Crippen LogP contribution in [0.2, 0.25) is 0 Å². The first-order chi connectivity index (χ1) is 8.19. The largest absolute Gasteiger partial charge is 0.370 e. The summed E-state index contributed by atoms with van der Waals surface area (Å²) < 4.78 is 6.22. The lowest BCUT2D eigenvalue weighted by atomic mass is 10.2. The van der Waals surface area contributed by atoms with E-state index in [2.05, 4.69) is 29.1 Å². The highest BCUT2D eigenvalue weighted by Gasteiger charge is 2.20. The second kappa shape index (κ2) is 5.60. The lowest BCUT2D eigenvalue weighted by Crippen LogP contribution is -2.16. The molecule has 0 saturated carbocycles. The maximum absolute atomic E-state index is 5.61. The van der Waals surface area contributed by atoms with Crippen molar-refractivity contribution in [2.24, 2.45) is 0 Å². The van der Waals surface area contributed by atoms with Gasteiger partial charge in [0.2, 0.25) is 0 Å². The predicted molar refractivity (Wildman–Crippen MR) is 70.7 cm³/mol. The van der Waals surface area contributed by atoms with E-state index in [0.29, 0.717) is 10.7 Å². The number of nitrogens with one attached hydrogen (secondary N) is 2. The van der Waals surface area contributed by atoms with Gasteiger partial charge in [-0.1, -0.05) is 19.1 Å². The first kappa shape index (κ1) is 12.5. The van der Waals surface area contributed by atoms with Crippen LogP contribution < -0.4 is 5.32 Å². The van der Waals surface area contributed by atoms with Gasteiger partial charge >= 0.3 is 0 Å². The number of anilines is 1. The van der Waals surface area contributed by atoms with E-state index in [0.717, 1.165) is 37.5 Å². The fourth-order valence-electron chi connectivity index (χ4n) is 1.87. The normalized spacial score (nSPS) is 21.4. The highest BCUT2D eigenvalue weighted by atomic mass is 32.1. The molecule has 4 nitrogen and oxygen atoms in total. The van der Waals surface area contributed by atoms with Crippen molar-refractivity contribution in [3.05, 3.63) is 16.5 Å². The van der Waals surface area contributed by atoms with Crippen LogP contribution in [0, 0.1) is 4.64 Å². The minimum absolute atomic E-state index is 0.0791. The van der Waals surface area contributed by atoms with Crippen LogP contribution in [-0.4, -0.2) is 22.6 Å². The van der Waals surface area contributed by atoms with Gasteiger partial charge in [0.25, 0.3) is 0 Å². The topological polar surface area (TPSA) is 49.9 Å². The molecule has 0 aliphatic carbocycles. The van der Waals surface area contributed by atoms with Crippen molar-refractivity contribution in [2.75, 3.05) is 11.9 Å². The Hall–Kier alpha value is -0.940. The summed E-state index contributed by atoms with van der Waals surface area (Å²) in [5, 5.41) is 3.38. The number of hydrogen-bond donors (Lipinski definition) is 2. The van der Waals surface area contributed by atoms with Gasteiger partial charge in [0, 0.05) is 18.7 Å². The molecule has 1 aliphatic heterocycles. The number of hydrogen-bond acceptors (Lipinski definition) is 4. The Morgan fingerprint density at radius 2 is 2.53 bits per heavy atom. The minimum Gasteiger partial charge on any atom is -0.370 e. The van der Waals surface area contributed by atoms with Gasteiger partial charge in [-0.2, -0.15) is 0 Å². The molecule has 5 heteroatoms. The molecule has 0 amide bonds. The van der Waals surface area contributed by atoms with Crippen molar-refractivity contribution in [1.82, 2.24) is 9.97 Å². The van der Waals surface area contributed by atoms with E-state index in [4.69, 9.17) is 17.0 Å². The monoisotopic (exact) mass is 253 g/mol. The SMILES string of the molecule is CCC(C)Nc1cc(=S)nc(C2CCCO2)[nH]1. The third kappa shape index (κ3) is 3.26. The van der Waals surface area contributed by atoms with Crippen LogP contribution in [0.1, 0.15) is 45.0 Å². The Bertz CT molecular complexity index is 426. The Morgan fingerprint density at radius 1 is 1.71 bits per heavy atom. The van der Waals surface area contributed by atoms with Crippen molar-refractivity contribution < 1.29 is 4.74 Å². The van der Waals surface area contributed by atoms with Crippen LogP contribution in [0.25, 0.3) is 0 Å². The summed E-state index contributed by atoms with van der Waals surface area (Å²) >= 11 is 5.18. The van der Waals surface area contributed by atoms with Gasteiger partial charge < -0.3 is 15.0 Å². The summed E-state index contributed by atoms with van der Waals surface area (Å²) in [5.74, 6) is 1.78. The molecular weight excluding hydrogens is 234 g/mol. The fourth-order valence-corrected chi connectivity index (χ4v) is 2.08. The molecule has 0 spiro atoms. The number of H-pyrrole nitrogens is 1. The molecule has 0 bridgehead atoms. The maximum Gasteiger partial charge on any atom is 0.138 e. The van der Waals surface area contributed by atoms with Crippen LogP contribution >= 0.6 is 12.2 Å². The highest BCUT2D eigenvalue weighted by molar-refractivity contribution is 7.71. The summed E-state index contributed by atoms with van der Waals surface area (Å²) in [6.07, 6.45) is 3.26. The van der Waals surface area contributed by atoms with Crippen LogP contribution in [0.4, 0.5) is 5.82 Å². The van der Waals surface area contributed by atoms with E-state index < -0.39 is 0 Å². The quantitative estimate of drug-likeness (QED) is 0.809. The molecule has 2 rings (SSSR count). The number of aromatic amines is 1. The molecule has 1 aliphatic rings. The molecular formula is C12H19N3OS. The molecule has 94 valence electrons. The maximum atomic E-state index is 5.61. The standard InChI is InChI=1S/C12H19N3OS/c1-3-8(2)13-10-7-11(17)15-12(14-10)9-5-4-6-16-9/h7-9H,3-6H2,1-2H3,(H2,13,14,15,17). The summed E-state index contributed by atoms with van der Waals surface area (Å²) in [7, 11) is 0. The average molecular weight is 253 g/mol. The van der Waals surface area contributed by atoms with Crippen LogP contribution in [-0.2, 0) is 4.74 Å². The average Bonchev–Trinajstić information content (AvgIpc) is 2.81. The Balaban J connectivity index is 2.19. The predicted octanol–water partition coefficient (Wildman–Crippen LogP) is 3.20. The van der Waals surface area contributed by atoms with E-state index >= 15 is 0 Å². The molecule has 2 unspecified atom stereocenters. The summed E-state index contributed by atoms with van der Waals surface area (Å²) in [6.45, 7) is 5.10. The van der Waals surface area contributed by atoms with E-state index in [1.54, 1.807) is 0 Å². The second-order valence-electron chi connectivity index (χ2n) is 4.47. The minimum atomic E-state index is 0.0791. The molecule has 0 radical (unpaired) electrons. The van der Waals surface area contributed by atoms with Gasteiger partial charge in [-0.25, -0.2) is 4.98 Å². The third-order valence-corrected chi connectivity index (χ3v) is 3.22. The van der Waals surface area contributed by atoms with Crippen molar-refractivity contribution >= 4 is 18.0 Å². The smallest absolute Gasteiger partial charge is 0.138 e. The van der Waals surface area contributed by atoms with E-state index in [1.807, 2.05) is 6.07 Å². The number of aromatic nitrogens is 2. The van der Waals surface area contributed by atoms with E-state index in [-0.39, 0.29) is 6.10 Å². The zero-order valence-corrected chi connectivity index (χ0v) is 11.1. The van der Waals surface area contributed by atoms with Crippen molar-refractivity contribution in [2.45, 2.75) is 45.3 Å². The van der Waals surface area contributed by atoms with Gasteiger partial charge in [-0.05, 0) is 26.2 Å². The Labute approximate surface area is 107 Å². The molecule has 2 N–H and O–H groups in total. The van der Waals surface area contributed by atoms with Gasteiger partial charge in [0.1, 0.15) is 22.4 Å². The Morgan fingerprint density at radius 3 is 3.18 bits per heavy atom. The van der Waals surface area contributed by atoms with Crippen LogP contribution in [0.15, 0.2) is 6.07 Å². The molecule has 0 aromatic carbocycles. The van der Waals surface area contributed by atoms with Gasteiger partial charge in [0.15, 0.2) is 0 Å². The molecule has 1 saturated heterocycles. The van der Waals surface area contributed by atoms with E-state index in [9.17, 15) is 0 Å². The van der Waals surface area contributed by atoms with Gasteiger partial charge in [-0.15, -0.1) is 0 Å². The number of nitrogens with zero attached hydrogens (tertiary/aromatic N) is 1. The summed E-state index contributed by atoms with van der Waals surface area (Å²) in [5.41, 5.74) is 0. The fraction of sp³-hybridized carbons (Fsp3) is 0.667. The lowest BCUT2D eigenvalue weighted by Gasteiger charge is -2.15. The lowest BCUT2D eigenvalue weighted by molar-refractivity contribution is 0.105. The van der Waals surface area contributed by atoms with Crippen molar-refractivity contribution in [3.63, 3.8) is 0 Å². The molecule has 17 heavy (non-hydrogen) atoms. The van der Waals surface area contributed by atoms with Crippen LogP contribution in [0.3, 0.4) is 0 Å². The zero-order chi connectivity index (χ0) is 12.3. The van der Waals surface area contributed by atoms with Crippen LogP contribution in [0.5, 0.6) is 0 Å². The third-order valence-electron chi connectivity index (χ3n) is 3.01. The molecule has 2 heterocycles. The zero-order valence-electron chi connectivity index (χ0n) is 10.3. The second-order valence-corrected chi connectivity index (χ2v) is 4.89. The molecule has 1 fully saturated rings. The number of rotatable bonds is 4. The van der Waals surface area contributed by atoms with Crippen molar-refractivity contribution in [3.8, 4) is 0 Å². The first-order valence-electron chi connectivity index (χ1n) is 6.18. The van der Waals surface area contributed by atoms with Gasteiger partial charge in [0.05, 0.1) is 0 Å². The molecule has 1 aromatic rings. The summed E-state index contributed by atoms with van der Waals surface area (Å²) in [4.78, 5) is 7.62. The highest BCUT2D eigenvalue weighted by Crippen LogP contribution is 2.26. The molecule has 2 atom stereocenters.